The van der Waals surface area contributed by atoms with Gasteiger partial charge in [0.25, 0.3) is 0 Å². The molecule has 0 radical (unpaired) electrons. The molecule has 1 aliphatic rings. The minimum Gasteiger partial charge on any atom is -0.296 e. The van der Waals surface area contributed by atoms with Crippen LogP contribution in [0.1, 0.15) is 23.7 Å². The number of pyridine rings is 1. The summed E-state index contributed by atoms with van der Waals surface area (Å²) in [5, 5.41) is 9.13. The van der Waals surface area contributed by atoms with Gasteiger partial charge in [-0.2, -0.15) is 9.57 Å². The minimum absolute atomic E-state index is 0.518. The molecule has 7 heteroatoms. The zero-order valence-electron chi connectivity index (χ0n) is 12.4. The van der Waals surface area contributed by atoms with Crippen LogP contribution in [0.15, 0.2) is 12.3 Å². The number of piperazine rings is 1. The van der Waals surface area contributed by atoms with Crippen molar-refractivity contribution in [3.8, 4) is 6.07 Å². The molecule has 1 aromatic rings. The summed E-state index contributed by atoms with van der Waals surface area (Å²) in [6.07, 6.45) is 3.80. The normalized spacial score (nSPS) is 17.6. The largest absolute Gasteiger partial charge is 0.296 e. The standard InChI is InChI=1S/C14H20N4O2S/c1-3-14-13(9-15)8-12(10-16-14)11-17-4-6-18(7-5-17)21(2,19)20/h8,10H,3-7,11H2,1-2H3. The summed E-state index contributed by atoms with van der Waals surface area (Å²) in [4.78, 5) is 6.52. The Hall–Kier alpha value is -1.49. The lowest BCUT2D eigenvalue weighted by Gasteiger charge is -2.33. The van der Waals surface area contributed by atoms with Gasteiger partial charge in [0.15, 0.2) is 0 Å². The van der Waals surface area contributed by atoms with Gasteiger partial charge in [-0.25, -0.2) is 8.42 Å². The van der Waals surface area contributed by atoms with Crippen LogP contribution in [0.25, 0.3) is 0 Å². The highest BCUT2D eigenvalue weighted by molar-refractivity contribution is 7.88. The van der Waals surface area contributed by atoms with Crippen LogP contribution < -0.4 is 0 Å². The van der Waals surface area contributed by atoms with Crippen molar-refractivity contribution in [3.63, 3.8) is 0 Å². The van der Waals surface area contributed by atoms with Crippen molar-refractivity contribution in [2.24, 2.45) is 0 Å². The third-order valence-corrected chi connectivity index (χ3v) is 4.99. The van der Waals surface area contributed by atoms with Crippen LogP contribution in [-0.2, 0) is 23.0 Å². The van der Waals surface area contributed by atoms with E-state index in [0.717, 1.165) is 17.7 Å². The van der Waals surface area contributed by atoms with E-state index in [0.29, 0.717) is 38.3 Å². The van der Waals surface area contributed by atoms with Crippen LogP contribution in [-0.4, -0.2) is 55.0 Å². The van der Waals surface area contributed by atoms with Crippen LogP contribution in [0.4, 0.5) is 0 Å². The molecule has 1 fully saturated rings. The molecule has 2 heterocycles. The van der Waals surface area contributed by atoms with Gasteiger partial charge in [-0.3, -0.25) is 9.88 Å². The molecule has 1 aromatic heterocycles. The van der Waals surface area contributed by atoms with Crippen LogP contribution >= 0.6 is 0 Å². The first kappa shape index (κ1) is 15.9. The highest BCUT2D eigenvalue weighted by Gasteiger charge is 2.23. The van der Waals surface area contributed by atoms with Gasteiger partial charge in [0.05, 0.1) is 17.5 Å². The second-order valence-corrected chi connectivity index (χ2v) is 7.22. The van der Waals surface area contributed by atoms with E-state index in [2.05, 4.69) is 16.0 Å². The number of hydrogen-bond donors (Lipinski definition) is 0. The molecule has 2 rings (SSSR count). The van der Waals surface area contributed by atoms with Gasteiger partial charge in [-0.05, 0) is 18.1 Å². The van der Waals surface area contributed by atoms with Gasteiger partial charge in [0.2, 0.25) is 10.0 Å². The summed E-state index contributed by atoms with van der Waals surface area (Å²) in [6, 6.07) is 4.07. The fourth-order valence-electron chi connectivity index (χ4n) is 2.48. The molecular weight excluding hydrogens is 288 g/mol. The van der Waals surface area contributed by atoms with Crippen LogP contribution in [0.5, 0.6) is 0 Å². The molecule has 0 spiro atoms. The first-order valence-electron chi connectivity index (χ1n) is 6.99. The summed E-state index contributed by atoms with van der Waals surface area (Å²) in [5.41, 5.74) is 2.45. The molecule has 114 valence electrons. The van der Waals surface area contributed by atoms with Gasteiger partial charge in [-0.1, -0.05) is 6.92 Å². The Kier molecular flexibility index (Phi) is 4.93. The Morgan fingerprint density at radius 3 is 2.52 bits per heavy atom. The lowest BCUT2D eigenvalue weighted by molar-refractivity contribution is 0.182. The van der Waals surface area contributed by atoms with Crippen molar-refractivity contribution in [3.05, 3.63) is 29.1 Å². The fourth-order valence-corrected chi connectivity index (χ4v) is 3.31. The Labute approximate surface area is 126 Å². The number of nitriles is 1. The topological polar surface area (TPSA) is 77.3 Å². The minimum atomic E-state index is -3.09. The number of nitrogens with zero attached hydrogens (tertiary/aromatic N) is 4. The van der Waals surface area contributed by atoms with E-state index in [4.69, 9.17) is 5.26 Å². The fraction of sp³-hybridized carbons (Fsp3) is 0.571. The Bertz CT molecular complexity index is 643. The lowest BCUT2D eigenvalue weighted by Crippen LogP contribution is -2.47. The highest BCUT2D eigenvalue weighted by atomic mass is 32.2. The van der Waals surface area contributed by atoms with Crippen molar-refractivity contribution in [1.29, 1.82) is 5.26 Å². The van der Waals surface area contributed by atoms with E-state index in [1.54, 1.807) is 0 Å². The first-order chi connectivity index (χ1) is 9.94. The molecule has 0 aromatic carbocycles. The molecule has 0 bridgehead atoms. The molecule has 0 saturated carbocycles. The monoisotopic (exact) mass is 308 g/mol. The molecule has 21 heavy (non-hydrogen) atoms. The lowest BCUT2D eigenvalue weighted by atomic mass is 10.1. The van der Waals surface area contributed by atoms with Gasteiger partial charge < -0.3 is 0 Å². The van der Waals surface area contributed by atoms with Crippen LogP contribution in [0.2, 0.25) is 0 Å². The first-order valence-corrected chi connectivity index (χ1v) is 8.84. The molecule has 0 unspecified atom stereocenters. The quantitative estimate of drug-likeness (QED) is 0.813. The molecule has 0 N–H and O–H groups in total. The second-order valence-electron chi connectivity index (χ2n) is 5.24. The Morgan fingerprint density at radius 2 is 2.00 bits per heavy atom. The van der Waals surface area contributed by atoms with E-state index in [1.807, 2.05) is 19.2 Å². The van der Waals surface area contributed by atoms with Gasteiger partial charge in [0.1, 0.15) is 6.07 Å². The summed E-state index contributed by atoms with van der Waals surface area (Å²) in [5.74, 6) is 0. The average molecular weight is 308 g/mol. The van der Waals surface area contributed by atoms with E-state index >= 15 is 0 Å². The molecule has 0 aliphatic carbocycles. The van der Waals surface area contributed by atoms with Gasteiger partial charge in [-0.15, -0.1) is 0 Å². The van der Waals surface area contributed by atoms with Gasteiger partial charge >= 0.3 is 0 Å². The Morgan fingerprint density at radius 1 is 1.33 bits per heavy atom. The molecule has 1 saturated heterocycles. The van der Waals surface area contributed by atoms with E-state index in [9.17, 15) is 8.42 Å². The van der Waals surface area contributed by atoms with Crippen LogP contribution in [0.3, 0.4) is 0 Å². The summed E-state index contributed by atoms with van der Waals surface area (Å²) in [7, 11) is -3.09. The van der Waals surface area contributed by atoms with E-state index in [-0.39, 0.29) is 0 Å². The number of sulfonamides is 1. The highest BCUT2D eigenvalue weighted by Crippen LogP contribution is 2.13. The number of aryl methyl sites for hydroxylation is 1. The Balaban J connectivity index is 2.00. The van der Waals surface area contributed by atoms with Crippen molar-refractivity contribution < 1.29 is 8.42 Å². The predicted octanol–water partition coefficient (Wildman–Crippen LogP) is 0.593. The SMILES string of the molecule is CCc1ncc(CN2CCN(S(C)(=O)=O)CC2)cc1C#N. The van der Waals surface area contributed by atoms with Crippen molar-refractivity contribution in [2.45, 2.75) is 19.9 Å². The maximum Gasteiger partial charge on any atom is 0.211 e. The molecule has 6 nitrogen and oxygen atoms in total. The summed E-state index contributed by atoms with van der Waals surface area (Å²) in [6.45, 7) is 5.11. The van der Waals surface area contributed by atoms with E-state index < -0.39 is 10.0 Å². The van der Waals surface area contributed by atoms with Gasteiger partial charge in [0, 0.05) is 38.9 Å². The number of hydrogen-bond acceptors (Lipinski definition) is 5. The molecular formula is C14H20N4O2S. The smallest absolute Gasteiger partial charge is 0.211 e. The third-order valence-electron chi connectivity index (χ3n) is 3.69. The zero-order valence-corrected chi connectivity index (χ0v) is 13.2. The number of rotatable bonds is 4. The molecule has 1 aliphatic heterocycles. The van der Waals surface area contributed by atoms with Crippen molar-refractivity contribution >= 4 is 10.0 Å². The zero-order chi connectivity index (χ0) is 15.5. The van der Waals surface area contributed by atoms with Crippen molar-refractivity contribution in [1.82, 2.24) is 14.2 Å². The average Bonchev–Trinajstić information content (AvgIpc) is 2.46. The predicted molar refractivity (Wildman–Crippen MR) is 80.0 cm³/mol. The summed E-state index contributed by atoms with van der Waals surface area (Å²) < 4.78 is 24.4. The number of aromatic nitrogens is 1. The van der Waals surface area contributed by atoms with Crippen LogP contribution in [0, 0.1) is 11.3 Å². The summed E-state index contributed by atoms with van der Waals surface area (Å²) >= 11 is 0. The van der Waals surface area contributed by atoms with E-state index in [1.165, 1.54) is 10.6 Å². The molecule has 0 amide bonds. The maximum atomic E-state index is 11.5. The maximum absolute atomic E-state index is 11.5. The molecule has 0 atom stereocenters. The third kappa shape index (κ3) is 4.00. The van der Waals surface area contributed by atoms with Crippen molar-refractivity contribution in [2.75, 3.05) is 32.4 Å². The second kappa shape index (κ2) is 6.52.